The second kappa shape index (κ2) is 18.4. The lowest BCUT2D eigenvalue weighted by Crippen LogP contribution is -2.69. The van der Waals surface area contributed by atoms with Gasteiger partial charge in [-0.3, -0.25) is 4.79 Å². The second-order valence-corrected chi connectivity index (χ2v) is 15.4. The van der Waals surface area contributed by atoms with Crippen LogP contribution in [-0.4, -0.2) is 72.0 Å². The van der Waals surface area contributed by atoms with Crippen molar-refractivity contribution in [1.29, 1.82) is 5.26 Å². The fourth-order valence-corrected chi connectivity index (χ4v) is 9.33. The number of ether oxygens (including phenoxy) is 3. The Kier molecular flexibility index (Phi) is 12.9. The first-order chi connectivity index (χ1) is 28.3. The highest BCUT2D eigenvalue weighted by Gasteiger charge is 2.65. The number of unbranched alkanes of at least 4 members (excludes halogenated alkanes) is 2. The van der Waals surface area contributed by atoms with Gasteiger partial charge in [0, 0.05) is 43.7 Å². The van der Waals surface area contributed by atoms with Crippen molar-refractivity contribution in [3.63, 3.8) is 0 Å². The summed E-state index contributed by atoms with van der Waals surface area (Å²) in [7, 11) is 1.77. The normalized spacial score (nSPS) is 23.8. The van der Waals surface area contributed by atoms with Crippen LogP contribution in [0.1, 0.15) is 79.3 Å². The fraction of sp³-hybridized carbons (Fsp3) is 0.396. The molecule has 58 heavy (non-hydrogen) atoms. The van der Waals surface area contributed by atoms with Crippen LogP contribution < -0.4 is 9.47 Å². The van der Waals surface area contributed by atoms with Gasteiger partial charge in [0.25, 0.3) is 5.91 Å². The number of nitriles is 1. The fourth-order valence-electron chi connectivity index (χ4n) is 9.33. The van der Waals surface area contributed by atoms with E-state index in [1.807, 2.05) is 43.3 Å². The van der Waals surface area contributed by atoms with E-state index in [0.717, 1.165) is 59.1 Å². The minimum atomic E-state index is -1.37. The van der Waals surface area contributed by atoms with Crippen molar-refractivity contribution in [3.8, 4) is 23.3 Å². The van der Waals surface area contributed by atoms with Gasteiger partial charge in [0.05, 0.1) is 29.9 Å². The zero-order valence-corrected chi connectivity index (χ0v) is 33.4. The maximum absolute atomic E-state index is 14.4. The molecular formula is C48H53N3O7. The minimum absolute atomic E-state index is 0.0795. The molecule has 0 unspecified atom stereocenters. The maximum atomic E-state index is 14.4. The molecule has 302 valence electrons. The summed E-state index contributed by atoms with van der Waals surface area (Å²) in [6.07, 6.45) is 9.01. The molecule has 2 N–H and O–H groups in total. The van der Waals surface area contributed by atoms with E-state index in [4.69, 9.17) is 24.2 Å². The van der Waals surface area contributed by atoms with Crippen LogP contribution in [-0.2, 0) is 9.57 Å². The third-order valence-electron chi connectivity index (χ3n) is 12.0. The molecule has 1 heterocycles. The quantitative estimate of drug-likeness (QED) is 0.0616. The summed E-state index contributed by atoms with van der Waals surface area (Å²) < 4.78 is 20.8. The van der Waals surface area contributed by atoms with E-state index in [0.29, 0.717) is 48.5 Å². The van der Waals surface area contributed by atoms with Crippen molar-refractivity contribution in [2.24, 2.45) is 22.9 Å². The molecule has 0 aromatic heterocycles. The van der Waals surface area contributed by atoms with E-state index in [-0.39, 0.29) is 43.5 Å². The van der Waals surface area contributed by atoms with Crippen LogP contribution in [0.3, 0.4) is 0 Å². The Morgan fingerprint density at radius 3 is 2.43 bits per heavy atom. The van der Waals surface area contributed by atoms with Crippen molar-refractivity contribution in [3.05, 3.63) is 126 Å². The number of hydrogen-bond donors (Lipinski definition) is 2. The third kappa shape index (κ3) is 8.12. The van der Waals surface area contributed by atoms with Gasteiger partial charge in [-0.1, -0.05) is 60.5 Å². The summed E-state index contributed by atoms with van der Waals surface area (Å²) in [6, 6.07) is 28.3. The Bertz CT molecular complexity index is 2190. The predicted octanol–water partition coefficient (Wildman–Crippen LogP) is 8.93. The van der Waals surface area contributed by atoms with Crippen LogP contribution in [0.4, 0.5) is 0 Å². The van der Waals surface area contributed by atoms with Gasteiger partial charge in [0.1, 0.15) is 29.9 Å². The molecule has 1 amide bonds. The standard InChI is InChI=1S/C48H53N3O7/c1-4-26-55-48-44(51(3)47(54)34-18-16-32(31-49)17-19-34)30-42(50-56-5-2)40-28-36(14-8-10-24-52)39(15-9-11-25-53)45(46(40)48)41-29-38(22-23-43(41)58-48)57-37-21-20-33-12-6-7-13-35(33)27-37/h4,6-7,12-13,16-23,27-29,36,39,44-46,52-53H,1,5,8-11,14-15,24-26,30H2,2-3H3/t36-,39+,44-,45+,46+,48+/m0/s1. The number of aliphatic hydroxyl groups excluding tert-OH is 2. The number of carbonyl (C=O) groups is 1. The average molecular weight is 784 g/mol. The van der Waals surface area contributed by atoms with Gasteiger partial charge in [-0.2, -0.15) is 5.26 Å². The highest BCUT2D eigenvalue weighted by atomic mass is 16.7. The van der Waals surface area contributed by atoms with Gasteiger partial charge in [-0.25, -0.2) is 0 Å². The summed E-state index contributed by atoms with van der Waals surface area (Å²) in [6.45, 7) is 6.65. The second-order valence-electron chi connectivity index (χ2n) is 15.4. The van der Waals surface area contributed by atoms with Crippen molar-refractivity contribution in [2.75, 3.05) is 33.5 Å². The van der Waals surface area contributed by atoms with E-state index >= 15 is 0 Å². The van der Waals surface area contributed by atoms with Crippen LogP contribution in [0.2, 0.25) is 0 Å². The van der Waals surface area contributed by atoms with Crippen LogP contribution >= 0.6 is 0 Å². The molecule has 0 spiro atoms. The smallest absolute Gasteiger partial charge is 0.254 e. The number of oxime groups is 1. The zero-order valence-electron chi connectivity index (χ0n) is 33.4. The molecule has 7 rings (SSSR count). The molecule has 4 aromatic carbocycles. The van der Waals surface area contributed by atoms with E-state index in [1.54, 1.807) is 42.3 Å². The summed E-state index contributed by atoms with van der Waals surface area (Å²) >= 11 is 0. The Hall–Kier alpha value is -5.47. The summed E-state index contributed by atoms with van der Waals surface area (Å²) in [4.78, 5) is 22.0. The lowest BCUT2D eigenvalue weighted by molar-refractivity contribution is -0.252. The first-order valence-electron chi connectivity index (χ1n) is 20.5. The lowest BCUT2D eigenvalue weighted by Gasteiger charge is -2.59. The lowest BCUT2D eigenvalue weighted by atomic mass is 9.55. The molecular weight excluding hydrogens is 731 g/mol. The monoisotopic (exact) mass is 783 g/mol. The molecule has 1 aliphatic heterocycles. The molecule has 0 saturated heterocycles. The molecule has 10 heteroatoms. The predicted molar refractivity (Wildman–Crippen MR) is 224 cm³/mol. The Morgan fingerprint density at radius 1 is 0.983 bits per heavy atom. The van der Waals surface area contributed by atoms with E-state index in [9.17, 15) is 20.3 Å². The number of benzene rings is 4. The first kappa shape index (κ1) is 40.7. The maximum Gasteiger partial charge on any atom is 0.254 e. The van der Waals surface area contributed by atoms with Gasteiger partial charge < -0.3 is 34.2 Å². The Balaban J connectivity index is 1.41. The molecule has 0 bridgehead atoms. The number of nitrogens with zero attached hydrogens (tertiary/aromatic N) is 3. The van der Waals surface area contributed by atoms with Crippen LogP contribution in [0, 0.1) is 29.1 Å². The van der Waals surface area contributed by atoms with Crippen LogP contribution in [0.25, 0.3) is 10.8 Å². The molecule has 4 aromatic rings. The van der Waals surface area contributed by atoms with Crippen molar-refractivity contribution < 1.29 is 34.1 Å². The van der Waals surface area contributed by atoms with E-state index < -0.39 is 17.7 Å². The van der Waals surface area contributed by atoms with Gasteiger partial charge in [0.2, 0.25) is 5.79 Å². The van der Waals surface area contributed by atoms with Crippen molar-refractivity contribution >= 4 is 22.4 Å². The largest absolute Gasteiger partial charge is 0.459 e. The highest BCUT2D eigenvalue weighted by molar-refractivity contribution is 6.03. The Morgan fingerprint density at radius 2 is 1.71 bits per heavy atom. The molecule has 10 nitrogen and oxygen atoms in total. The van der Waals surface area contributed by atoms with Crippen LogP contribution in [0.15, 0.2) is 114 Å². The SMILES string of the molecule is C=CCO[C@@]12Oc3ccc(Oc4ccc5ccccc5c4)cc3[C@H]3[C@H](CCCCO)[C@@H](CCCCO)C=C(C(=NOCC)C[C@@H]1N(C)C(=O)c1ccc(C#N)cc1)[C@H]32. The molecule has 2 aliphatic carbocycles. The van der Waals surface area contributed by atoms with Crippen molar-refractivity contribution in [2.45, 2.75) is 69.6 Å². The van der Waals surface area contributed by atoms with Gasteiger partial charge in [-0.15, -0.1) is 6.58 Å². The molecule has 1 fully saturated rings. The van der Waals surface area contributed by atoms with Crippen LogP contribution in [0.5, 0.6) is 17.2 Å². The number of amides is 1. The number of hydrogen-bond acceptors (Lipinski definition) is 9. The zero-order chi connectivity index (χ0) is 40.6. The summed E-state index contributed by atoms with van der Waals surface area (Å²) in [5.74, 6) is -0.00922. The number of carbonyl (C=O) groups excluding carboxylic acids is 1. The number of rotatable bonds is 17. The minimum Gasteiger partial charge on any atom is -0.459 e. The first-order valence-corrected chi connectivity index (χ1v) is 20.5. The average Bonchev–Trinajstić information content (AvgIpc) is 3.25. The van der Waals surface area contributed by atoms with Gasteiger partial charge >= 0.3 is 0 Å². The number of fused-ring (bicyclic) bond motifs is 3. The molecule has 3 aliphatic rings. The number of likely N-dealkylation sites (N-methyl/N-ethyl adjacent to an activating group) is 1. The van der Waals surface area contributed by atoms with Gasteiger partial charge in [0.15, 0.2) is 0 Å². The molecule has 0 radical (unpaired) electrons. The number of allylic oxidation sites excluding steroid dienone is 1. The van der Waals surface area contributed by atoms with Gasteiger partial charge in [-0.05, 0) is 115 Å². The third-order valence-corrected chi connectivity index (χ3v) is 12.0. The summed E-state index contributed by atoms with van der Waals surface area (Å²) in [5.41, 5.74) is 3.58. The number of aliphatic hydroxyl groups is 2. The summed E-state index contributed by atoms with van der Waals surface area (Å²) in [5, 5.41) is 36.1. The molecule has 6 atom stereocenters. The van der Waals surface area contributed by atoms with Crippen molar-refractivity contribution in [1.82, 2.24) is 4.90 Å². The van der Waals surface area contributed by atoms with E-state index in [2.05, 4.69) is 43.0 Å². The van der Waals surface area contributed by atoms with E-state index in [1.165, 1.54) is 0 Å². The highest BCUT2D eigenvalue weighted by Crippen LogP contribution is 2.62. The Labute approximate surface area is 341 Å². The topological polar surface area (TPSA) is 134 Å². The molecule has 1 saturated carbocycles.